The van der Waals surface area contributed by atoms with Crippen LogP contribution in [-0.2, 0) is 16.0 Å². The lowest BCUT2D eigenvalue weighted by Gasteiger charge is -2.14. The molecule has 0 saturated heterocycles. The highest BCUT2D eigenvalue weighted by atomic mass is 16.4. The first-order chi connectivity index (χ1) is 7.08. The molecular weight excluding hydrogens is 194 g/mol. The van der Waals surface area contributed by atoms with E-state index in [1.165, 1.54) is 4.90 Å². The Hall–Kier alpha value is -1.84. The Morgan fingerprint density at radius 3 is 2.93 bits per heavy atom. The van der Waals surface area contributed by atoms with E-state index in [9.17, 15) is 9.59 Å². The van der Waals surface area contributed by atoms with Gasteiger partial charge in [0.1, 0.15) is 6.54 Å². The van der Waals surface area contributed by atoms with Crippen molar-refractivity contribution < 1.29 is 14.7 Å². The highest BCUT2D eigenvalue weighted by molar-refractivity contribution is 6.04. The van der Waals surface area contributed by atoms with Gasteiger partial charge in [-0.15, -0.1) is 0 Å². The Morgan fingerprint density at radius 2 is 2.27 bits per heavy atom. The molecular formula is C11H11NO3. The predicted octanol–water partition coefficient (Wildman–Crippen LogP) is 0.969. The van der Waals surface area contributed by atoms with Crippen LogP contribution in [0.3, 0.4) is 0 Å². The fourth-order valence-electron chi connectivity index (χ4n) is 1.82. The van der Waals surface area contributed by atoms with Crippen molar-refractivity contribution in [2.24, 2.45) is 0 Å². The second kappa shape index (κ2) is 3.38. The Balaban J connectivity index is 2.37. The second-order valence-electron chi connectivity index (χ2n) is 3.68. The molecule has 1 aliphatic heterocycles. The number of carboxylic acid groups (broad SMARTS) is 1. The van der Waals surface area contributed by atoms with Gasteiger partial charge in [0, 0.05) is 5.69 Å². The van der Waals surface area contributed by atoms with E-state index in [1.54, 1.807) is 6.07 Å². The summed E-state index contributed by atoms with van der Waals surface area (Å²) in [5, 5.41) is 8.68. The lowest BCUT2D eigenvalue weighted by Crippen LogP contribution is -2.32. The van der Waals surface area contributed by atoms with Crippen LogP contribution in [0.1, 0.15) is 11.1 Å². The molecule has 0 unspecified atom stereocenters. The van der Waals surface area contributed by atoms with Crippen LogP contribution >= 0.6 is 0 Å². The molecule has 2 rings (SSSR count). The summed E-state index contributed by atoms with van der Waals surface area (Å²) < 4.78 is 0. The minimum Gasteiger partial charge on any atom is -0.480 e. The van der Waals surface area contributed by atoms with Crippen molar-refractivity contribution in [1.82, 2.24) is 0 Å². The number of carboxylic acids is 1. The van der Waals surface area contributed by atoms with E-state index in [0.29, 0.717) is 6.42 Å². The van der Waals surface area contributed by atoms with E-state index in [-0.39, 0.29) is 12.5 Å². The number of fused-ring (bicyclic) bond motifs is 1. The molecule has 1 heterocycles. The van der Waals surface area contributed by atoms with Gasteiger partial charge < -0.3 is 10.0 Å². The van der Waals surface area contributed by atoms with Crippen molar-refractivity contribution in [3.8, 4) is 0 Å². The molecule has 0 aromatic heterocycles. The summed E-state index contributed by atoms with van der Waals surface area (Å²) in [7, 11) is 0. The number of carbonyl (C=O) groups excluding carboxylic acids is 1. The number of hydrogen-bond donors (Lipinski definition) is 1. The smallest absolute Gasteiger partial charge is 0.323 e. The van der Waals surface area contributed by atoms with Crippen molar-refractivity contribution in [1.29, 1.82) is 0 Å². The molecule has 0 atom stereocenters. The maximum atomic E-state index is 11.5. The summed E-state index contributed by atoms with van der Waals surface area (Å²) in [5.74, 6) is -1.13. The Morgan fingerprint density at radius 1 is 1.53 bits per heavy atom. The van der Waals surface area contributed by atoms with Crippen LogP contribution in [-0.4, -0.2) is 23.5 Å². The van der Waals surface area contributed by atoms with Gasteiger partial charge in [-0.2, -0.15) is 0 Å². The number of carbonyl (C=O) groups is 2. The molecule has 1 aromatic carbocycles. The average molecular weight is 205 g/mol. The van der Waals surface area contributed by atoms with Crippen LogP contribution in [0.25, 0.3) is 0 Å². The number of anilines is 1. The van der Waals surface area contributed by atoms with E-state index >= 15 is 0 Å². The third kappa shape index (κ3) is 1.70. The Labute approximate surface area is 87.1 Å². The van der Waals surface area contributed by atoms with E-state index in [4.69, 9.17) is 5.11 Å². The van der Waals surface area contributed by atoms with Gasteiger partial charge in [-0.05, 0) is 18.6 Å². The second-order valence-corrected chi connectivity index (χ2v) is 3.68. The molecule has 15 heavy (non-hydrogen) atoms. The first kappa shape index (κ1) is 9.71. The molecule has 0 radical (unpaired) electrons. The monoisotopic (exact) mass is 205 g/mol. The number of aliphatic carboxylic acids is 1. The standard InChI is InChI=1S/C11H11NO3/c1-7-2-3-9-8(4-7)5-10(13)12(9)6-11(14)15/h2-4H,5-6H2,1H3,(H,14,15). The van der Waals surface area contributed by atoms with E-state index in [1.807, 2.05) is 19.1 Å². The van der Waals surface area contributed by atoms with Crippen LogP contribution in [0.5, 0.6) is 0 Å². The van der Waals surface area contributed by atoms with E-state index < -0.39 is 5.97 Å². The number of nitrogens with zero attached hydrogens (tertiary/aromatic N) is 1. The molecule has 0 saturated carbocycles. The number of hydrogen-bond acceptors (Lipinski definition) is 2. The number of aryl methyl sites for hydroxylation is 1. The lowest BCUT2D eigenvalue weighted by atomic mass is 10.1. The molecule has 0 aliphatic carbocycles. The average Bonchev–Trinajstić information content (AvgIpc) is 2.41. The first-order valence-corrected chi connectivity index (χ1v) is 4.69. The summed E-state index contributed by atoms with van der Waals surface area (Å²) >= 11 is 0. The maximum absolute atomic E-state index is 11.5. The highest BCUT2D eigenvalue weighted by Gasteiger charge is 2.28. The predicted molar refractivity (Wildman–Crippen MR) is 54.9 cm³/mol. The number of rotatable bonds is 2. The lowest BCUT2D eigenvalue weighted by molar-refractivity contribution is -0.136. The van der Waals surface area contributed by atoms with Crippen molar-refractivity contribution in [3.05, 3.63) is 29.3 Å². The third-order valence-corrected chi connectivity index (χ3v) is 2.46. The van der Waals surface area contributed by atoms with Gasteiger partial charge in [-0.25, -0.2) is 0 Å². The summed E-state index contributed by atoms with van der Waals surface area (Å²) in [6.45, 7) is 1.69. The highest BCUT2D eigenvalue weighted by Crippen LogP contribution is 2.29. The van der Waals surface area contributed by atoms with Gasteiger partial charge in [0.05, 0.1) is 6.42 Å². The Kier molecular flexibility index (Phi) is 2.19. The van der Waals surface area contributed by atoms with Crippen molar-refractivity contribution in [2.45, 2.75) is 13.3 Å². The van der Waals surface area contributed by atoms with Crippen molar-refractivity contribution >= 4 is 17.6 Å². The van der Waals surface area contributed by atoms with Crippen LogP contribution in [0.4, 0.5) is 5.69 Å². The summed E-state index contributed by atoms with van der Waals surface area (Å²) in [6.07, 6.45) is 0.310. The molecule has 0 fully saturated rings. The van der Waals surface area contributed by atoms with Crippen LogP contribution < -0.4 is 4.90 Å². The molecule has 0 bridgehead atoms. The largest absolute Gasteiger partial charge is 0.480 e. The fraction of sp³-hybridized carbons (Fsp3) is 0.273. The quantitative estimate of drug-likeness (QED) is 0.782. The Bertz CT molecular complexity index is 439. The molecule has 4 heteroatoms. The fourth-order valence-corrected chi connectivity index (χ4v) is 1.82. The van der Waals surface area contributed by atoms with Gasteiger partial charge >= 0.3 is 5.97 Å². The van der Waals surface area contributed by atoms with Gasteiger partial charge in [0.2, 0.25) is 5.91 Å². The van der Waals surface area contributed by atoms with E-state index in [2.05, 4.69) is 0 Å². The van der Waals surface area contributed by atoms with Crippen LogP contribution in [0.15, 0.2) is 18.2 Å². The topological polar surface area (TPSA) is 57.6 Å². The normalized spacial score (nSPS) is 14.2. The SMILES string of the molecule is Cc1ccc2c(c1)CC(=O)N2CC(=O)O. The summed E-state index contributed by atoms with van der Waals surface area (Å²) in [6, 6.07) is 5.61. The number of benzene rings is 1. The summed E-state index contributed by atoms with van der Waals surface area (Å²) in [5.41, 5.74) is 2.73. The maximum Gasteiger partial charge on any atom is 0.323 e. The zero-order chi connectivity index (χ0) is 11.0. The molecule has 1 aliphatic rings. The molecule has 78 valence electrons. The first-order valence-electron chi connectivity index (χ1n) is 4.69. The van der Waals surface area contributed by atoms with Gasteiger partial charge in [0.25, 0.3) is 0 Å². The van der Waals surface area contributed by atoms with Gasteiger partial charge in [-0.1, -0.05) is 17.7 Å². The molecule has 1 amide bonds. The van der Waals surface area contributed by atoms with Gasteiger partial charge in [-0.3, -0.25) is 9.59 Å². The minimum absolute atomic E-state index is 0.141. The summed E-state index contributed by atoms with van der Waals surface area (Å²) in [4.78, 5) is 23.4. The molecule has 0 spiro atoms. The molecule has 1 aromatic rings. The van der Waals surface area contributed by atoms with Crippen molar-refractivity contribution in [3.63, 3.8) is 0 Å². The zero-order valence-corrected chi connectivity index (χ0v) is 8.36. The third-order valence-electron chi connectivity index (χ3n) is 2.46. The zero-order valence-electron chi connectivity index (χ0n) is 8.36. The van der Waals surface area contributed by atoms with Crippen LogP contribution in [0, 0.1) is 6.92 Å². The van der Waals surface area contributed by atoms with E-state index in [0.717, 1.165) is 16.8 Å². The van der Waals surface area contributed by atoms with Gasteiger partial charge in [0.15, 0.2) is 0 Å². The molecule has 4 nitrogen and oxygen atoms in total. The number of amides is 1. The van der Waals surface area contributed by atoms with Crippen molar-refractivity contribution in [2.75, 3.05) is 11.4 Å². The minimum atomic E-state index is -0.989. The molecule has 1 N–H and O–H groups in total. The van der Waals surface area contributed by atoms with Crippen LogP contribution in [0.2, 0.25) is 0 Å².